The normalized spacial score (nSPS) is 17.9. The minimum atomic E-state index is -3.53. The van der Waals surface area contributed by atoms with Crippen molar-refractivity contribution >= 4 is 15.7 Å². The molecule has 3 N–H and O–H groups in total. The smallest absolute Gasteiger partial charge is 0.243 e. The molecule has 5 heteroatoms. The Labute approximate surface area is 121 Å². The van der Waals surface area contributed by atoms with Gasteiger partial charge in [0.25, 0.3) is 0 Å². The lowest BCUT2D eigenvalue weighted by Gasteiger charge is -2.19. The number of nitrogens with two attached hydrogens (primary N) is 1. The number of hydrogen-bond acceptors (Lipinski definition) is 3. The van der Waals surface area contributed by atoms with Crippen molar-refractivity contribution in [3.8, 4) is 0 Å². The Morgan fingerprint density at radius 3 is 2.20 bits per heavy atom. The van der Waals surface area contributed by atoms with Crippen LogP contribution < -0.4 is 10.5 Å². The molecule has 1 aliphatic rings. The number of nitrogens with one attached hydrogen (secondary N) is 1. The quantitative estimate of drug-likeness (QED) is 0.665. The standard InChI is InChI=1S/C15H24N2O2S/c1-11-9-10-12(2)15(14(11)16)20(18,19)17-13-7-5-3-4-6-8-13/h9-10,13,17H,3-8,16H2,1-2H3. The molecular formula is C15H24N2O2S. The molecule has 1 aromatic carbocycles. The molecule has 0 amide bonds. The molecule has 1 aliphatic carbocycles. The van der Waals surface area contributed by atoms with Crippen molar-refractivity contribution < 1.29 is 8.42 Å². The van der Waals surface area contributed by atoms with Crippen LogP contribution in [0, 0.1) is 13.8 Å². The number of nitrogen functional groups attached to an aromatic ring is 1. The zero-order chi connectivity index (χ0) is 14.8. The van der Waals surface area contributed by atoms with Crippen LogP contribution in [0.5, 0.6) is 0 Å². The number of rotatable bonds is 3. The molecule has 2 rings (SSSR count). The number of benzene rings is 1. The molecule has 0 aromatic heterocycles. The highest BCUT2D eigenvalue weighted by atomic mass is 32.2. The molecule has 0 aliphatic heterocycles. The van der Waals surface area contributed by atoms with E-state index in [0.717, 1.165) is 31.2 Å². The summed E-state index contributed by atoms with van der Waals surface area (Å²) in [5.74, 6) is 0. The van der Waals surface area contributed by atoms with Crippen molar-refractivity contribution in [1.29, 1.82) is 0 Å². The highest BCUT2D eigenvalue weighted by molar-refractivity contribution is 7.89. The van der Waals surface area contributed by atoms with E-state index < -0.39 is 10.0 Å². The molecule has 4 nitrogen and oxygen atoms in total. The maximum atomic E-state index is 12.6. The summed E-state index contributed by atoms with van der Waals surface area (Å²) in [6.07, 6.45) is 6.42. The number of anilines is 1. The summed E-state index contributed by atoms with van der Waals surface area (Å²) < 4.78 is 28.1. The molecule has 0 atom stereocenters. The molecule has 0 bridgehead atoms. The first-order valence-electron chi connectivity index (χ1n) is 7.30. The summed E-state index contributed by atoms with van der Waals surface area (Å²) in [5, 5.41) is 0. The Bertz CT molecular complexity index is 574. The van der Waals surface area contributed by atoms with Gasteiger partial charge in [-0.3, -0.25) is 0 Å². The molecule has 0 heterocycles. The van der Waals surface area contributed by atoms with Gasteiger partial charge in [0.1, 0.15) is 4.90 Å². The van der Waals surface area contributed by atoms with Gasteiger partial charge in [-0.25, -0.2) is 13.1 Å². The molecule has 1 saturated carbocycles. The van der Waals surface area contributed by atoms with Gasteiger partial charge in [0.05, 0.1) is 5.69 Å². The van der Waals surface area contributed by atoms with E-state index in [-0.39, 0.29) is 10.9 Å². The maximum absolute atomic E-state index is 12.6. The Morgan fingerprint density at radius 1 is 1.05 bits per heavy atom. The zero-order valence-corrected chi connectivity index (χ0v) is 13.1. The van der Waals surface area contributed by atoms with Gasteiger partial charge >= 0.3 is 0 Å². The maximum Gasteiger partial charge on any atom is 0.243 e. The van der Waals surface area contributed by atoms with Crippen molar-refractivity contribution in [2.24, 2.45) is 0 Å². The average molecular weight is 296 g/mol. The first-order valence-corrected chi connectivity index (χ1v) is 8.78. The van der Waals surface area contributed by atoms with Crippen LogP contribution in [0.4, 0.5) is 5.69 Å². The lowest BCUT2D eigenvalue weighted by atomic mass is 10.1. The van der Waals surface area contributed by atoms with Crippen LogP contribution in [0.15, 0.2) is 17.0 Å². The first-order chi connectivity index (χ1) is 9.42. The van der Waals surface area contributed by atoms with E-state index in [1.54, 1.807) is 6.92 Å². The van der Waals surface area contributed by atoms with Crippen LogP contribution in [0.25, 0.3) is 0 Å². The molecule has 0 saturated heterocycles. The summed E-state index contributed by atoms with van der Waals surface area (Å²) in [7, 11) is -3.53. The van der Waals surface area contributed by atoms with Gasteiger partial charge in [0.2, 0.25) is 10.0 Å². The second-order valence-electron chi connectivity index (χ2n) is 5.75. The zero-order valence-electron chi connectivity index (χ0n) is 12.3. The predicted molar refractivity (Wildman–Crippen MR) is 82.1 cm³/mol. The van der Waals surface area contributed by atoms with Gasteiger partial charge in [-0.2, -0.15) is 0 Å². The van der Waals surface area contributed by atoms with Crippen LogP contribution in [-0.2, 0) is 10.0 Å². The predicted octanol–water partition coefficient (Wildman–Crippen LogP) is 2.89. The van der Waals surface area contributed by atoms with Gasteiger partial charge in [-0.05, 0) is 37.8 Å². The molecule has 1 aromatic rings. The lowest BCUT2D eigenvalue weighted by Crippen LogP contribution is -2.35. The third-order valence-electron chi connectivity index (χ3n) is 4.06. The number of sulfonamides is 1. The van der Waals surface area contributed by atoms with Gasteiger partial charge in [0.15, 0.2) is 0 Å². The summed E-state index contributed by atoms with van der Waals surface area (Å²) in [5.41, 5.74) is 7.86. The third kappa shape index (κ3) is 3.33. The Kier molecular flexibility index (Phi) is 4.70. The van der Waals surface area contributed by atoms with Crippen molar-refractivity contribution in [3.05, 3.63) is 23.3 Å². The first kappa shape index (κ1) is 15.3. The fraction of sp³-hybridized carbons (Fsp3) is 0.600. The SMILES string of the molecule is Cc1ccc(C)c(S(=O)(=O)NC2CCCCCC2)c1N. The van der Waals surface area contributed by atoms with E-state index >= 15 is 0 Å². The third-order valence-corrected chi connectivity index (χ3v) is 5.78. The summed E-state index contributed by atoms with van der Waals surface area (Å²) in [6.45, 7) is 3.62. The van der Waals surface area contributed by atoms with Crippen LogP contribution in [-0.4, -0.2) is 14.5 Å². The Balaban J connectivity index is 2.28. The van der Waals surface area contributed by atoms with Gasteiger partial charge < -0.3 is 5.73 Å². The average Bonchev–Trinajstić information content (AvgIpc) is 2.62. The Morgan fingerprint density at radius 2 is 1.60 bits per heavy atom. The molecule has 0 unspecified atom stereocenters. The monoisotopic (exact) mass is 296 g/mol. The van der Waals surface area contributed by atoms with E-state index in [9.17, 15) is 8.42 Å². The lowest BCUT2D eigenvalue weighted by molar-refractivity contribution is 0.510. The highest BCUT2D eigenvalue weighted by Gasteiger charge is 2.25. The van der Waals surface area contributed by atoms with Crippen molar-refractivity contribution in [1.82, 2.24) is 4.72 Å². The minimum Gasteiger partial charge on any atom is -0.397 e. The fourth-order valence-corrected chi connectivity index (χ4v) is 4.57. The van der Waals surface area contributed by atoms with E-state index in [1.807, 2.05) is 19.1 Å². The fourth-order valence-electron chi connectivity index (χ4n) is 2.84. The van der Waals surface area contributed by atoms with E-state index in [0.29, 0.717) is 11.3 Å². The summed E-state index contributed by atoms with van der Waals surface area (Å²) in [6, 6.07) is 3.71. The molecule has 0 radical (unpaired) electrons. The molecule has 0 spiro atoms. The van der Waals surface area contributed by atoms with Gasteiger partial charge in [-0.15, -0.1) is 0 Å². The number of aryl methyl sites for hydroxylation is 2. The molecule has 112 valence electrons. The van der Waals surface area contributed by atoms with Crippen molar-refractivity contribution in [2.75, 3.05) is 5.73 Å². The van der Waals surface area contributed by atoms with E-state index in [4.69, 9.17) is 5.73 Å². The Hall–Kier alpha value is -1.07. The topological polar surface area (TPSA) is 72.2 Å². The van der Waals surface area contributed by atoms with Gasteiger partial charge in [0, 0.05) is 6.04 Å². The van der Waals surface area contributed by atoms with Crippen LogP contribution in [0.3, 0.4) is 0 Å². The second-order valence-corrected chi connectivity index (χ2v) is 7.40. The van der Waals surface area contributed by atoms with Crippen LogP contribution in [0.1, 0.15) is 49.7 Å². The molecule has 20 heavy (non-hydrogen) atoms. The highest BCUT2D eigenvalue weighted by Crippen LogP contribution is 2.27. The van der Waals surface area contributed by atoms with Gasteiger partial charge in [-0.1, -0.05) is 37.8 Å². The van der Waals surface area contributed by atoms with Crippen molar-refractivity contribution in [2.45, 2.75) is 63.3 Å². The summed E-state index contributed by atoms with van der Waals surface area (Å²) in [4.78, 5) is 0.252. The largest absolute Gasteiger partial charge is 0.397 e. The van der Waals surface area contributed by atoms with Crippen LogP contribution in [0.2, 0.25) is 0 Å². The molecule has 1 fully saturated rings. The van der Waals surface area contributed by atoms with E-state index in [2.05, 4.69) is 4.72 Å². The van der Waals surface area contributed by atoms with Crippen molar-refractivity contribution in [3.63, 3.8) is 0 Å². The minimum absolute atomic E-state index is 0.0433. The summed E-state index contributed by atoms with van der Waals surface area (Å²) >= 11 is 0. The number of hydrogen-bond donors (Lipinski definition) is 2. The van der Waals surface area contributed by atoms with Crippen LogP contribution >= 0.6 is 0 Å². The van der Waals surface area contributed by atoms with E-state index in [1.165, 1.54) is 12.8 Å². The molecular weight excluding hydrogens is 272 g/mol. The second kappa shape index (κ2) is 6.14.